The molecule has 2 amide bonds. The average Bonchev–Trinajstić information content (AvgIpc) is 2.85. The fourth-order valence-corrected chi connectivity index (χ4v) is 3.00. The van der Waals surface area contributed by atoms with E-state index in [0.717, 1.165) is 25.7 Å². The van der Waals surface area contributed by atoms with Crippen LogP contribution in [0.1, 0.15) is 46.0 Å². The van der Waals surface area contributed by atoms with Gasteiger partial charge in [-0.2, -0.15) is 0 Å². The van der Waals surface area contributed by atoms with E-state index in [1.807, 2.05) is 0 Å². The average molecular weight is 268 g/mol. The van der Waals surface area contributed by atoms with Gasteiger partial charge in [-0.05, 0) is 25.7 Å². The van der Waals surface area contributed by atoms with Gasteiger partial charge in [0, 0.05) is 25.6 Å². The highest BCUT2D eigenvalue weighted by molar-refractivity contribution is 5.89. The first-order chi connectivity index (χ1) is 9.08. The smallest absolute Gasteiger partial charge is 0.225 e. The van der Waals surface area contributed by atoms with Crippen molar-refractivity contribution in [1.82, 2.24) is 10.6 Å². The Labute approximate surface area is 114 Å². The summed E-state index contributed by atoms with van der Waals surface area (Å²) in [7, 11) is 0. The molecule has 5 heteroatoms. The summed E-state index contributed by atoms with van der Waals surface area (Å²) in [6.45, 7) is 5.44. The maximum Gasteiger partial charge on any atom is 0.225 e. The van der Waals surface area contributed by atoms with E-state index < -0.39 is 0 Å². The zero-order valence-corrected chi connectivity index (χ0v) is 11.8. The Hall–Kier alpha value is -1.10. The molecular formula is C14H24N2O3. The molecule has 2 fully saturated rings. The van der Waals surface area contributed by atoms with Gasteiger partial charge < -0.3 is 15.4 Å². The van der Waals surface area contributed by atoms with Gasteiger partial charge in [0.15, 0.2) is 0 Å². The summed E-state index contributed by atoms with van der Waals surface area (Å²) in [6, 6.07) is 0.178. The number of carbonyl (C=O) groups is 2. The molecule has 0 aromatic rings. The second kappa shape index (κ2) is 5.90. The number of rotatable bonds is 4. The van der Waals surface area contributed by atoms with Crippen LogP contribution in [-0.4, -0.2) is 36.6 Å². The standard InChI is InChI=1S/C14H24N2O3/c1-3-14(4-2)8-11(5-6-19-14)16-13(18)10-7-12(17)15-9-10/h10-11H,3-9H2,1-2H3,(H,15,17)(H,16,18). The summed E-state index contributed by atoms with van der Waals surface area (Å²) in [5.74, 6) is -0.219. The van der Waals surface area contributed by atoms with Crippen LogP contribution in [0.5, 0.6) is 0 Å². The Balaban J connectivity index is 1.88. The fraction of sp³-hybridized carbons (Fsp3) is 0.857. The Kier molecular flexibility index (Phi) is 4.45. The molecule has 2 atom stereocenters. The van der Waals surface area contributed by atoms with Crippen LogP contribution in [0.25, 0.3) is 0 Å². The molecule has 19 heavy (non-hydrogen) atoms. The van der Waals surface area contributed by atoms with E-state index in [-0.39, 0.29) is 29.4 Å². The van der Waals surface area contributed by atoms with Crippen LogP contribution in [0, 0.1) is 5.92 Å². The monoisotopic (exact) mass is 268 g/mol. The maximum absolute atomic E-state index is 12.1. The number of carbonyl (C=O) groups excluding carboxylic acids is 2. The predicted molar refractivity (Wildman–Crippen MR) is 71.5 cm³/mol. The molecule has 0 aromatic heterocycles. The second-order valence-corrected chi connectivity index (χ2v) is 5.64. The minimum Gasteiger partial charge on any atom is -0.375 e. The van der Waals surface area contributed by atoms with Gasteiger partial charge in [-0.3, -0.25) is 9.59 Å². The quantitative estimate of drug-likeness (QED) is 0.798. The van der Waals surface area contributed by atoms with Crippen molar-refractivity contribution >= 4 is 11.8 Å². The zero-order valence-electron chi connectivity index (χ0n) is 11.8. The predicted octanol–water partition coefficient (Wildman–Crippen LogP) is 0.976. The van der Waals surface area contributed by atoms with Crippen molar-refractivity contribution in [3.8, 4) is 0 Å². The molecule has 2 heterocycles. The van der Waals surface area contributed by atoms with Crippen LogP contribution in [-0.2, 0) is 14.3 Å². The third-order valence-electron chi connectivity index (χ3n) is 4.48. The fourth-order valence-electron chi connectivity index (χ4n) is 3.00. The van der Waals surface area contributed by atoms with Gasteiger partial charge in [-0.25, -0.2) is 0 Å². The lowest BCUT2D eigenvalue weighted by Crippen LogP contribution is -2.49. The summed E-state index contributed by atoms with van der Waals surface area (Å²) >= 11 is 0. The minimum absolute atomic E-state index is 0.00589. The molecule has 2 N–H and O–H groups in total. The van der Waals surface area contributed by atoms with Gasteiger partial charge in [0.2, 0.25) is 11.8 Å². The highest BCUT2D eigenvalue weighted by atomic mass is 16.5. The summed E-state index contributed by atoms with van der Waals surface area (Å²) in [6.07, 6.45) is 4.00. The Morgan fingerprint density at radius 2 is 2.21 bits per heavy atom. The summed E-state index contributed by atoms with van der Waals surface area (Å²) in [5.41, 5.74) is -0.0834. The summed E-state index contributed by atoms with van der Waals surface area (Å²) in [4.78, 5) is 23.2. The molecule has 0 bridgehead atoms. The molecule has 0 radical (unpaired) electrons. The number of ether oxygens (including phenoxy) is 1. The van der Waals surface area contributed by atoms with Gasteiger partial charge in [0.05, 0.1) is 11.5 Å². The topological polar surface area (TPSA) is 67.4 Å². The summed E-state index contributed by atoms with van der Waals surface area (Å²) in [5, 5.41) is 5.80. The van der Waals surface area contributed by atoms with Crippen LogP contribution < -0.4 is 10.6 Å². The number of amides is 2. The van der Waals surface area contributed by atoms with E-state index >= 15 is 0 Å². The van der Waals surface area contributed by atoms with E-state index in [1.54, 1.807) is 0 Å². The van der Waals surface area contributed by atoms with Crippen LogP contribution in [0.2, 0.25) is 0 Å². The molecule has 2 saturated heterocycles. The Morgan fingerprint density at radius 3 is 2.79 bits per heavy atom. The van der Waals surface area contributed by atoms with Gasteiger partial charge >= 0.3 is 0 Å². The highest BCUT2D eigenvalue weighted by Crippen LogP contribution is 2.31. The van der Waals surface area contributed by atoms with E-state index in [0.29, 0.717) is 19.6 Å². The maximum atomic E-state index is 12.1. The summed E-state index contributed by atoms with van der Waals surface area (Å²) < 4.78 is 5.90. The van der Waals surface area contributed by atoms with Crippen molar-refractivity contribution < 1.29 is 14.3 Å². The molecule has 2 aliphatic heterocycles. The van der Waals surface area contributed by atoms with E-state index in [2.05, 4.69) is 24.5 Å². The van der Waals surface area contributed by atoms with Crippen LogP contribution in [0.3, 0.4) is 0 Å². The molecule has 0 spiro atoms. The largest absolute Gasteiger partial charge is 0.375 e. The number of nitrogens with one attached hydrogen (secondary N) is 2. The van der Waals surface area contributed by atoms with E-state index in [1.165, 1.54) is 0 Å². The first kappa shape index (κ1) is 14.3. The third kappa shape index (κ3) is 3.26. The van der Waals surface area contributed by atoms with Gasteiger partial charge in [0.25, 0.3) is 0 Å². The third-order valence-corrected chi connectivity index (χ3v) is 4.48. The Bertz CT molecular complexity index is 353. The van der Waals surface area contributed by atoms with Crippen molar-refractivity contribution in [2.45, 2.75) is 57.6 Å². The minimum atomic E-state index is -0.201. The lowest BCUT2D eigenvalue weighted by molar-refractivity contribution is -0.130. The van der Waals surface area contributed by atoms with Gasteiger partial charge in [0.1, 0.15) is 0 Å². The molecule has 0 aliphatic carbocycles. The molecular weight excluding hydrogens is 244 g/mol. The molecule has 2 unspecified atom stereocenters. The number of hydrogen-bond acceptors (Lipinski definition) is 3. The number of hydrogen-bond donors (Lipinski definition) is 2. The van der Waals surface area contributed by atoms with Crippen molar-refractivity contribution in [3.05, 3.63) is 0 Å². The Morgan fingerprint density at radius 1 is 1.47 bits per heavy atom. The normalized spacial score (nSPS) is 29.9. The van der Waals surface area contributed by atoms with Crippen LogP contribution in [0.4, 0.5) is 0 Å². The first-order valence-electron chi connectivity index (χ1n) is 7.29. The SMILES string of the molecule is CCC1(CC)CC(NC(=O)C2CNC(=O)C2)CCO1. The van der Waals surface area contributed by atoms with Gasteiger partial charge in [-0.15, -0.1) is 0 Å². The second-order valence-electron chi connectivity index (χ2n) is 5.64. The molecule has 0 saturated carbocycles. The lowest BCUT2D eigenvalue weighted by Gasteiger charge is -2.40. The van der Waals surface area contributed by atoms with Gasteiger partial charge in [-0.1, -0.05) is 13.8 Å². The van der Waals surface area contributed by atoms with Crippen molar-refractivity contribution in [3.63, 3.8) is 0 Å². The first-order valence-corrected chi connectivity index (χ1v) is 7.29. The van der Waals surface area contributed by atoms with Crippen LogP contribution in [0.15, 0.2) is 0 Å². The lowest BCUT2D eigenvalue weighted by atomic mass is 9.85. The molecule has 2 rings (SSSR count). The molecule has 0 aromatic carbocycles. The highest BCUT2D eigenvalue weighted by Gasteiger charge is 2.36. The van der Waals surface area contributed by atoms with Crippen molar-refractivity contribution in [1.29, 1.82) is 0 Å². The molecule has 5 nitrogen and oxygen atoms in total. The van der Waals surface area contributed by atoms with Crippen molar-refractivity contribution in [2.24, 2.45) is 5.92 Å². The van der Waals surface area contributed by atoms with Crippen molar-refractivity contribution in [2.75, 3.05) is 13.2 Å². The van der Waals surface area contributed by atoms with E-state index in [4.69, 9.17) is 4.74 Å². The zero-order chi connectivity index (χ0) is 13.9. The van der Waals surface area contributed by atoms with E-state index in [9.17, 15) is 9.59 Å². The molecule has 2 aliphatic rings. The molecule has 108 valence electrons. The van der Waals surface area contributed by atoms with Crippen LogP contribution >= 0.6 is 0 Å².